The van der Waals surface area contributed by atoms with Gasteiger partial charge in [0.15, 0.2) is 14.7 Å². The van der Waals surface area contributed by atoms with E-state index in [4.69, 9.17) is 9.90 Å². The van der Waals surface area contributed by atoms with Crippen molar-refractivity contribution in [3.63, 3.8) is 0 Å². The first-order valence-electron chi connectivity index (χ1n) is 8.22. The monoisotopic (exact) mass is 350 g/mol. The molecule has 0 fully saturated rings. The Labute approximate surface area is 152 Å². The second kappa shape index (κ2) is 9.70. The van der Waals surface area contributed by atoms with Gasteiger partial charge >= 0.3 is 0 Å². The molecule has 0 aliphatic heterocycles. The number of rotatable bonds is 4. The highest BCUT2D eigenvalue weighted by atomic mass is 32.2. The van der Waals surface area contributed by atoms with Crippen LogP contribution >= 0.6 is 0 Å². The van der Waals surface area contributed by atoms with Crippen molar-refractivity contribution < 1.29 is 9.90 Å². The summed E-state index contributed by atoms with van der Waals surface area (Å²) in [5.41, 5.74) is 1.39. The van der Waals surface area contributed by atoms with Crippen LogP contribution in [0.1, 0.15) is 19.4 Å². The van der Waals surface area contributed by atoms with E-state index in [1.807, 2.05) is 0 Å². The van der Waals surface area contributed by atoms with Gasteiger partial charge in [-0.05, 0) is 55.3 Å². The van der Waals surface area contributed by atoms with Crippen LogP contribution < -0.4 is 5.11 Å². The lowest BCUT2D eigenvalue weighted by Crippen LogP contribution is -2.16. The van der Waals surface area contributed by atoms with E-state index in [0.717, 1.165) is 13.3 Å². The van der Waals surface area contributed by atoms with Crippen LogP contribution in [0, 0.1) is 0 Å². The Balaban J connectivity index is 0.000000511. The van der Waals surface area contributed by atoms with Gasteiger partial charge in [0.25, 0.3) is 0 Å². The first-order valence-corrected chi connectivity index (χ1v) is 9.45. The summed E-state index contributed by atoms with van der Waals surface area (Å²) in [5, 5.41) is 8.89. The van der Waals surface area contributed by atoms with E-state index >= 15 is 0 Å². The molecule has 0 heterocycles. The fraction of sp³-hybridized carbons (Fsp3) is 0.136. The minimum atomic E-state index is -1.08. The fourth-order valence-electron chi connectivity index (χ4n) is 2.38. The molecule has 0 aromatic heterocycles. The van der Waals surface area contributed by atoms with E-state index in [0.29, 0.717) is 0 Å². The van der Waals surface area contributed by atoms with Crippen molar-refractivity contribution in [2.24, 2.45) is 0 Å². The van der Waals surface area contributed by atoms with Gasteiger partial charge in [-0.15, -0.1) is 0 Å². The smallest absolute Gasteiger partial charge is 0.166 e. The van der Waals surface area contributed by atoms with E-state index in [9.17, 15) is 0 Å². The molecule has 0 amide bonds. The standard InChI is InChI=1S/C20H19S.C2H4O2/c1-2-17-13-15-20(16-14-17)21(18-9-5-3-6-10-18)19-11-7-4-8-12-19;1-2(3)4/h3-16H,2H2,1H3;1H3,(H,3,4)/q+1;/p-1. The van der Waals surface area contributed by atoms with Crippen LogP contribution in [0.25, 0.3) is 0 Å². The lowest BCUT2D eigenvalue weighted by molar-refractivity contribution is -0.302. The zero-order valence-corrected chi connectivity index (χ0v) is 15.3. The van der Waals surface area contributed by atoms with Crippen molar-refractivity contribution >= 4 is 16.9 Å². The molecule has 3 aromatic rings. The van der Waals surface area contributed by atoms with Crippen LogP contribution in [0.2, 0.25) is 0 Å². The van der Waals surface area contributed by atoms with Crippen LogP contribution in [-0.4, -0.2) is 5.97 Å². The van der Waals surface area contributed by atoms with E-state index in [2.05, 4.69) is 91.9 Å². The molecule has 0 saturated carbocycles. The molecular weight excluding hydrogens is 328 g/mol. The number of carbonyl (C=O) groups excluding carboxylic acids is 1. The number of benzene rings is 3. The number of carbonyl (C=O) groups is 1. The quantitative estimate of drug-likeness (QED) is 0.665. The maximum atomic E-state index is 8.89. The van der Waals surface area contributed by atoms with Crippen LogP contribution in [0.15, 0.2) is 99.6 Å². The van der Waals surface area contributed by atoms with Crippen molar-refractivity contribution in [2.45, 2.75) is 35.0 Å². The van der Waals surface area contributed by atoms with Gasteiger partial charge in [-0.3, -0.25) is 0 Å². The van der Waals surface area contributed by atoms with Gasteiger partial charge in [0.05, 0.1) is 10.9 Å². The summed E-state index contributed by atoms with van der Waals surface area (Å²) in [7, 11) is -0.0249. The lowest BCUT2D eigenvalue weighted by Gasteiger charge is -2.08. The van der Waals surface area contributed by atoms with Crippen LogP contribution in [0.3, 0.4) is 0 Å². The molecule has 25 heavy (non-hydrogen) atoms. The molecule has 0 spiro atoms. The first-order chi connectivity index (χ1) is 12.1. The highest BCUT2D eigenvalue weighted by Gasteiger charge is 2.27. The van der Waals surface area contributed by atoms with E-state index < -0.39 is 5.97 Å². The van der Waals surface area contributed by atoms with Gasteiger partial charge in [-0.1, -0.05) is 55.5 Å². The Morgan fingerprint density at radius 2 is 1.12 bits per heavy atom. The van der Waals surface area contributed by atoms with Crippen LogP contribution in [0.5, 0.6) is 0 Å². The van der Waals surface area contributed by atoms with Crippen molar-refractivity contribution in [1.29, 1.82) is 0 Å². The summed E-state index contributed by atoms with van der Waals surface area (Å²) in [4.78, 5) is 13.0. The molecule has 3 heteroatoms. The highest BCUT2D eigenvalue weighted by molar-refractivity contribution is 7.97. The van der Waals surface area contributed by atoms with Gasteiger partial charge < -0.3 is 9.90 Å². The third-order valence-electron chi connectivity index (χ3n) is 3.53. The molecule has 3 rings (SSSR count). The Bertz CT molecular complexity index is 725. The Morgan fingerprint density at radius 3 is 1.48 bits per heavy atom. The molecule has 0 aliphatic rings. The van der Waals surface area contributed by atoms with Crippen molar-refractivity contribution in [3.8, 4) is 0 Å². The molecule has 0 aliphatic carbocycles. The second-order valence-electron chi connectivity index (χ2n) is 5.42. The maximum Gasteiger partial charge on any atom is 0.166 e. The number of carboxylic acids is 1. The van der Waals surface area contributed by atoms with Gasteiger partial charge in [0, 0.05) is 5.97 Å². The van der Waals surface area contributed by atoms with E-state index in [-0.39, 0.29) is 10.9 Å². The Hall–Kier alpha value is -2.52. The van der Waals surface area contributed by atoms with Crippen molar-refractivity contribution in [1.82, 2.24) is 0 Å². The second-order valence-corrected chi connectivity index (χ2v) is 7.45. The third-order valence-corrected chi connectivity index (χ3v) is 5.76. The average molecular weight is 350 g/mol. The number of aryl methyl sites for hydroxylation is 1. The molecule has 128 valence electrons. The van der Waals surface area contributed by atoms with E-state index in [1.54, 1.807) is 0 Å². The van der Waals surface area contributed by atoms with Crippen molar-refractivity contribution in [3.05, 3.63) is 90.5 Å². The van der Waals surface area contributed by atoms with Gasteiger partial charge in [0.1, 0.15) is 0 Å². The van der Waals surface area contributed by atoms with Gasteiger partial charge in [-0.2, -0.15) is 0 Å². The number of carboxylic acid groups (broad SMARTS) is 1. The first kappa shape index (κ1) is 18.8. The molecule has 0 unspecified atom stereocenters. The molecule has 0 N–H and O–H groups in total. The summed E-state index contributed by atoms with van der Waals surface area (Å²) in [6.45, 7) is 3.17. The highest BCUT2D eigenvalue weighted by Crippen LogP contribution is 2.30. The summed E-state index contributed by atoms with van der Waals surface area (Å²) in [6, 6.07) is 30.6. The fourth-order valence-corrected chi connectivity index (χ4v) is 4.47. The summed E-state index contributed by atoms with van der Waals surface area (Å²) >= 11 is 0. The normalized spacial score (nSPS) is 10.0. The summed E-state index contributed by atoms with van der Waals surface area (Å²) in [5.74, 6) is -1.08. The predicted octanol–water partition coefficient (Wildman–Crippen LogP) is 4.10. The Morgan fingerprint density at radius 1 is 0.760 bits per heavy atom. The van der Waals surface area contributed by atoms with Gasteiger partial charge in [0.2, 0.25) is 0 Å². The third kappa shape index (κ3) is 5.80. The molecular formula is C22H22O2S. The lowest BCUT2D eigenvalue weighted by atomic mass is 10.2. The molecule has 0 bridgehead atoms. The topological polar surface area (TPSA) is 40.1 Å². The minimum Gasteiger partial charge on any atom is -0.550 e. The summed E-state index contributed by atoms with van der Waals surface area (Å²) in [6.07, 6.45) is 1.09. The van der Waals surface area contributed by atoms with Crippen molar-refractivity contribution in [2.75, 3.05) is 0 Å². The zero-order valence-electron chi connectivity index (χ0n) is 14.5. The number of aliphatic carboxylic acids is 1. The van der Waals surface area contributed by atoms with Crippen LogP contribution in [-0.2, 0) is 22.1 Å². The Kier molecular flexibility index (Phi) is 7.30. The maximum absolute atomic E-state index is 8.89. The summed E-state index contributed by atoms with van der Waals surface area (Å²) < 4.78 is 0. The average Bonchev–Trinajstić information content (AvgIpc) is 2.64. The number of hydrogen-bond acceptors (Lipinski definition) is 2. The molecule has 0 atom stereocenters. The van der Waals surface area contributed by atoms with Gasteiger partial charge in [-0.25, -0.2) is 0 Å². The largest absolute Gasteiger partial charge is 0.550 e. The molecule has 2 nitrogen and oxygen atoms in total. The SMILES string of the molecule is CC(=O)[O-].CCc1ccc([S+](c2ccccc2)c2ccccc2)cc1. The molecule has 0 saturated heterocycles. The minimum absolute atomic E-state index is 0.0249. The predicted molar refractivity (Wildman–Crippen MR) is 102 cm³/mol. The van der Waals surface area contributed by atoms with Crippen LogP contribution in [0.4, 0.5) is 0 Å². The van der Waals surface area contributed by atoms with E-state index in [1.165, 1.54) is 20.2 Å². The number of hydrogen-bond donors (Lipinski definition) is 0. The molecule has 3 aromatic carbocycles. The molecule has 0 radical (unpaired) electrons. The zero-order chi connectivity index (χ0) is 18.1.